The first-order chi connectivity index (χ1) is 10.5. The third-order valence-electron chi connectivity index (χ3n) is 3.69. The summed E-state index contributed by atoms with van der Waals surface area (Å²) in [5.74, 6) is 1.38. The second-order valence-electron chi connectivity index (χ2n) is 7.07. The molecule has 2 aromatic rings. The third-order valence-corrected chi connectivity index (χ3v) is 3.69. The van der Waals surface area contributed by atoms with Crippen LogP contribution in [0.5, 0.6) is 0 Å². The van der Waals surface area contributed by atoms with E-state index in [1.54, 1.807) is 0 Å². The van der Waals surface area contributed by atoms with E-state index in [1.165, 1.54) is 16.7 Å². The van der Waals surface area contributed by atoms with Crippen LogP contribution < -0.4 is 4.57 Å². The molecule has 0 fully saturated rings. The van der Waals surface area contributed by atoms with E-state index in [2.05, 4.69) is 69.6 Å². The quantitative estimate of drug-likeness (QED) is 0.673. The van der Waals surface area contributed by atoms with Gasteiger partial charge in [0, 0.05) is 0 Å². The average molecular weight is 297 g/mol. The molecule has 2 nitrogen and oxygen atoms in total. The minimum atomic E-state index is 0.691. The number of hydrogen-bond acceptors (Lipinski definition) is 0. The van der Waals surface area contributed by atoms with Gasteiger partial charge in [-0.2, -0.15) is 0 Å². The summed E-state index contributed by atoms with van der Waals surface area (Å²) in [4.78, 5) is 0. The molecule has 0 aliphatic carbocycles. The molecule has 1 heterocycles. The molecule has 22 heavy (non-hydrogen) atoms. The van der Waals surface area contributed by atoms with E-state index in [1.807, 2.05) is 17.0 Å². The van der Waals surface area contributed by atoms with Crippen LogP contribution >= 0.6 is 0 Å². The van der Waals surface area contributed by atoms with Gasteiger partial charge in [-0.15, -0.1) is 0 Å². The van der Waals surface area contributed by atoms with Crippen molar-refractivity contribution in [2.45, 2.75) is 47.1 Å². The Bertz CT molecular complexity index is 592. The maximum absolute atomic E-state index is 3.79. The molecule has 0 unspecified atom stereocenters. The Morgan fingerprint density at radius 1 is 1.00 bits per heavy atom. The number of benzene rings is 1. The molecule has 0 atom stereocenters. The summed E-state index contributed by atoms with van der Waals surface area (Å²) in [6.45, 7) is 13.9. The third kappa shape index (κ3) is 4.87. The van der Waals surface area contributed by atoms with Gasteiger partial charge in [-0.25, -0.2) is 9.13 Å². The van der Waals surface area contributed by atoms with Gasteiger partial charge in [0.15, 0.2) is 0 Å². The van der Waals surface area contributed by atoms with Crippen molar-refractivity contribution < 1.29 is 4.57 Å². The van der Waals surface area contributed by atoms with Gasteiger partial charge in [0.2, 0.25) is 6.33 Å². The number of aromatic nitrogens is 2. The number of nitrogens with zero attached hydrogens (tertiary/aromatic N) is 2. The molecule has 0 spiro atoms. The second-order valence-corrected chi connectivity index (χ2v) is 7.07. The lowest BCUT2D eigenvalue weighted by atomic mass is 9.94. The minimum absolute atomic E-state index is 0.691. The van der Waals surface area contributed by atoms with Gasteiger partial charge < -0.3 is 0 Å². The largest absolute Gasteiger partial charge is 0.248 e. The zero-order valence-electron chi connectivity index (χ0n) is 14.4. The topological polar surface area (TPSA) is 8.81 Å². The molecule has 0 aliphatic heterocycles. The average Bonchev–Trinajstić information content (AvgIpc) is 2.84. The van der Waals surface area contributed by atoms with Crippen molar-refractivity contribution in [3.63, 3.8) is 0 Å². The van der Waals surface area contributed by atoms with Crippen molar-refractivity contribution >= 4 is 6.20 Å². The zero-order valence-corrected chi connectivity index (χ0v) is 14.4. The van der Waals surface area contributed by atoms with Crippen molar-refractivity contribution in [2.24, 2.45) is 11.8 Å². The molecule has 0 bridgehead atoms. The van der Waals surface area contributed by atoms with Crippen LogP contribution in [0, 0.1) is 11.8 Å². The normalized spacial score (nSPS) is 11.4. The Morgan fingerprint density at radius 2 is 1.55 bits per heavy atom. The molecule has 0 radical (unpaired) electrons. The fourth-order valence-corrected chi connectivity index (χ4v) is 2.93. The molecular formula is C20H29N2+. The maximum Gasteiger partial charge on any atom is 0.248 e. The molecular weight excluding hydrogens is 268 g/mol. The van der Waals surface area contributed by atoms with Crippen molar-refractivity contribution in [1.82, 2.24) is 4.57 Å². The van der Waals surface area contributed by atoms with Crippen molar-refractivity contribution in [3.8, 4) is 0 Å². The number of rotatable bonds is 7. The van der Waals surface area contributed by atoms with Gasteiger partial charge in [-0.3, -0.25) is 0 Å². The molecule has 118 valence electrons. The first-order valence-corrected chi connectivity index (χ1v) is 8.27. The molecule has 0 amide bonds. The highest BCUT2D eigenvalue weighted by molar-refractivity contribution is 5.30. The van der Waals surface area contributed by atoms with Gasteiger partial charge in [-0.1, -0.05) is 52.5 Å². The van der Waals surface area contributed by atoms with Crippen LogP contribution in [0.25, 0.3) is 6.20 Å². The second kappa shape index (κ2) is 7.44. The lowest BCUT2D eigenvalue weighted by Crippen LogP contribution is -2.31. The standard InChI is InChI=1S/C20H29N2/c1-6-21-7-8-22(15-21)14-20-12-18(9-16(2)3)11-19(13-20)10-17(4)5/h6-8,11-13,15-17H,1,9-10,14H2,2-5H3/q+1. The number of imidazole rings is 1. The molecule has 0 saturated heterocycles. The number of hydrogen-bond donors (Lipinski definition) is 0. The summed E-state index contributed by atoms with van der Waals surface area (Å²) < 4.78 is 4.18. The van der Waals surface area contributed by atoms with Gasteiger partial charge in [0.25, 0.3) is 0 Å². The zero-order chi connectivity index (χ0) is 16.1. The van der Waals surface area contributed by atoms with E-state index in [-0.39, 0.29) is 0 Å². The van der Waals surface area contributed by atoms with Gasteiger partial charge in [-0.05, 0) is 41.4 Å². The van der Waals surface area contributed by atoms with E-state index < -0.39 is 0 Å². The van der Waals surface area contributed by atoms with Crippen molar-refractivity contribution in [3.05, 3.63) is 60.2 Å². The van der Waals surface area contributed by atoms with Gasteiger partial charge in [0.05, 0.1) is 6.20 Å². The lowest BCUT2D eigenvalue weighted by molar-refractivity contribution is -0.687. The summed E-state index contributed by atoms with van der Waals surface area (Å²) in [6.07, 6.45) is 10.3. The minimum Gasteiger partial charge on any atom is -0.232 e. The molecule has 2 rings (SSSR count). The Hall–Kier alpha value is -1.83. The van der Waals surface area contributed by atoms with E-state index in [0.717, 1.165) is 19.4 Å². The van der Waals surface area contributed by atoms with E-state index >= 15 is 0 Å². The highest BCUT2D eigenvalue weighted by Gasteiger charge is 2.08. The SMILES string of the molecule is C=Cn1cc[n+](Cc2cc(CC(C)C)cc(CC(C)C)c2)c1. The van der Waals surface area contributed by atoms with Crippen LogP contribution in [-0.2, 0) is 19.4 Å². The first-order valence-electron chi connectivity index (χ1n) is 8.27. The lowest BCUT2D eigenvalue weighted by Gasteiger charge is -2.12. The molecule has 0 N–H and O–H groups in total. The van der Waals surface area contributed by atoms with E-state index in [9.17, 15) is 0 Å². The molecule has 0 aliphatic rings. The van der Waals surface area contributed by atoms with Crippen molar-refractivity contribution in [2.75, 3.05) is 0 Å². The highest BCUT2D eigenvalue weighted by atomic mass is 15.1. The monoisotopic (exact) mass is 297 g/mol. The Kier molecular flexibility index (Phi) is 5.59. The summed E-state index contributed by atoms with van der Waals surface area (Å²) >= 11 is 0. The van der Waals surface area contributed by atoms with Crippen LogP contribution in [-0.4, -0.2) is 4.57 Å². The van der Waals surface area contributed by atoms with Crippen LogP contribution in [0.3, 0.4) is 0 Å². The fourth-order valence-electron chi connectivity index (χ4n) is 2.93. The molecule has 1 aromatic carbocycles. The fraction of sp³-hybridized carbons (Fsp3) is 0.450. The Balaban J connectivity index is 2.25. The van der Waals surface area contributed by atoms with Gasteiger partial charge in [0.1, 0.15) is 18.9 Å². The van der Waals surface area contributed by atoms with E-state index in [0.29, 0.717) is 11.8 Å². The summed E-state index contributed by atoms with van der Waals surface area (Å²) in [5, 5.41) is 0. The summed E-state index contributed by atoms with van der Waals surface area (Å²) in [7, 11) is 0. The predicted octanol–water partition coefficient (Wildman–Crippen LogP) is 4.32. The van der Waals surface area contributed by atoms with E-state index in [4.69, 9.17) is 0 Å². The van der Waals surface area contributed by atoms with Gasteiger partial charge >= 0.3 is 0 Å². The predicted molar refractivity (Wildman–Crippen MR) is 93.6 cm³/mol. The highest BCUT2D eigenvalue weighted by Crippen LogP contribution is 2.17. The molecule has 1 aromatic heterocycles. The first kappa shape index (κ1) is 16.5. The van der Waals surface area contributed by atoms with Crippen molar-refractivity contribution in [1.29, 1.82) is 0 Å². The van der Waals surface area contributed by atoms with Crippen LogP contribution in [0.1, 0.15) is 44.4 Å². The summed E-state index contributed by atoms with van der Waals surface area (Å²) in [6, 6.07) is 7.12. The van der Waals surface area contributed by atoms with Crippen LogP contribution in [0.2, 0.25) is 0 Å². The smallest absolute Gasteiger partial charge is 0.232 e. The maximum atomic E-state index is 3.79. The molecule has 0 saturated carbocycles. The van der Waals surface area contributed by atoms with Crippen LogP contribution in [0.15, 0.2) is 43.5 Å². The molecule has 2 heteroatoms. The summed E-state index contributed by atoms with van der Waals surface area (Å²) in [5.41, 5.74) is 4.32. The van der Waals surface area contributed by atoms with Crippen LogP contribution in [0.4, 0.5) is 0 Å². The Morgan fingerprint density at radius 3 is 2.00 bits per heavy atom. The Labute approximate surface area is 135 Å².